The second-order valence-corrected chi connectivity index (χ2v) is 11.9. The lowest BCUT2D eigenvalue weighted by molar-refractivity contribution is -0.114. The van der Waals surface area contributed by atoms with Gasteiger partial charge < -0.3 is 21.7 Å². The van der Waals surface area contributed by atoms with Crippen LogP contribution in [-0.4, -0.2) is 43.6 Å². The van der Waals surface area contributed by atoms with E-state index in [9.17, 15) is 9.18 Å². The van der Waals surface area contributed by atoms with E-state index in [1.54, 1.807) is 16.8 Å². The normalized spacial score (nSPS) is 16.7. The maximum atomic E-state index is 13.5. The van der Waals surface area contributed by atoms with Crippen molar-refractivity contribution >= 4 is 39.9 Å². The molecule has 2 aromatic carbocycles. The topological polar surface area (TPSA) is 135 Å². The molecular weight excluding hydrogens is 569 g/mol. The van der Waals surface area contributed by atoms with E-state index < -0.39 is 11.7 Å². The van der Waals surface area contributed by atoms with E-state index in [4.69, 9.17) is 10.7 Å². The van der Waals surface area contributed by atoms with E-state index in [0.717, 1.165) is 58.1 Å². The summed E-state index contributed by atoms with van der Waals surface area (Å²) >= 11 is 0. The van der Waals surface area contributed by atoms with Gasteiger partial charge in [-0.3, -0.25) is 9.78 Å². The third-order valence-electron chi connectivity index (χ3n) is 8.62. The summed E-state index contributed by atoms with van der Waals surface area (Å²) in [6, 6.07) is 16.1. The van der Waals surface area contributed by atoms with Crippen LogP contribution in [0.5, 0.6) is 0 Å². The molecule has 5 N–H and O–H groups in total. The number of nitrogens with zero attached hydrogens (tertiary/aromatic N) is 5. The number of nitrogen functional groups attached to an aromatic ring is 1. The summed E-state index contributed by atoms with van der Waals surface area (Å²) < 4.78 is 15.2. The van der Waals surface area contributed by atoms with Crippen LogP contribution in [0.3, 0.4) is 0 Å². The number of aromatic nitrogens is 5. The Morgan fingerprint density at radius 2 is 1.91 bits per heavy atom. The zero-order chi connectivity index (χ0) is 31.7. The van der Waals surface area contributed by atoms with E-state index in [2.05, 4.69) is 69.6 Å². The van der Waals surface area contributed by atoms with Crippen molar-refractivity contribution < 1.29 is 9.18 Å². The molecule has 1 aliphatic rings. The third kappa shape index (κ3) is 6.08. The van der Waals surface area contributed by atoms with Gasteiger partial charge in [-0.15, -0.1) is 0 Å². The van der Waals surface area contributed by atoms with Gasteiger partial charge in [-0.25, -0.2) is 4.39 Å². The Labute approximate surface area is 261 Å². The van der Waals surface area contributed by atoms with E-state index in [-0.39, 0.29) is 17.8 Å². The molecule has 1 saturated carbocycles. The maximum Gasteiger partial charge on any atom is 0.283 e. The van der Waals surface area contributed by atoms with Crippen LogP contribution in [0, 0.1) is 0 Å². The number of anilines is 3. The van der Waals surface area contributed by atoms with Crippen molar-refractivity contribution in [2.24, 2.45) is 0 Å². The zero-order valence-electron chi connectivity index (χ0n) is 25.8. The molecule has 1 unspecified atom stereocenters. The molecule has 0 saturated heterocycles. The molecule has 0 aliphatic heterocycles. The number of fused-ring (bicyclic) bond motifs is 2. The molecule has 1 amide bonds. The van der Waals surface area contributed by atoms with Crippen LogP contribution < -0.4 is 21.7 Å². The number of hydrogen-bond acceptors (Lipinski definition) is 8. The van der Waals surface area contributed by atoms with Crippen LogP contribution >= 0.6 is 0 Å². The number of carbonyl (C=O) groups excluding carboxylic acids is 1. The molecule has 3 heterocycles. The SMILES string of the molecule is C=C(F)C(=O)Nc1ccc2c(-c3ccccc3CNc3nc(N)nc4c(C(C)C)cnn34)nc(C3CCCC[C@H]3NC)cc2c1. The first-order chi connectivity index (χ1) is 21.7. The predicted octanol–water partition coefficient (Wildman–Crippen LogP) is 6.32. The largest absolute Gasteiger partial charge is 0.368 e. The number of benzene rings is 2. The minimum atomic E-state index is -1.04. The van der Waals surface area contributed by atoms with Crippen molar-refractivity contribution in [3.05, 3.63) is 84.0 Å². The zero-order valence-corrected chi connectivity index (χ0v) is 25.8. The van der Waals surface area contributed by atoms with Gasteiger partial charge in [0.1, 0.15) is 0 Å². The van der Waals surface area contributed by atoms with Crippen molar-refractivity contribution in [3.8, 4) is 11.3 Å². The highest BCUT2D eigenvalue weighted by Crippen LogP contribution is 2.38. The lowest BCUT2D eigenvalue weighted by Gasteiger charge is -2.31. The predicted molar refractivity (Wildman–Crippen MR) is 177 cm³/mol. The summed E-state index contributed by atoms with van der Waals surface area (Å²) in [4.78, 5) is 26.3. The first-order valence-corrected chi connectivity index (χ1v) is 15.3. The maximum absolute atomic E-state index is 13.5. The average molecular weight is 608 g/mol. The number of halogens is 1. The molecule has 11 heteroatoms. The van der Waals surface area contributed by atoms with Crippen LogP contribution in [0.15, 0.2) is 67.1 Å². The van der Waals surface area contributed by atoms with Gasteiger partial charge in [0.25, 0.3) is 5.91 Å². The number of nitrogens with two attached hydrogens (primary N) is 1. The van der Waals surface area contributed by atoms with Gasteiger partial charge in [0.2, 0.25) is 11.9 Å². The summed E-state index contributed by atoms with van der Waals surface area (Å²) in [5, 5.41) is 15.9. The first kappa shape index (κ1) is 30.1. The highest BCUT2D eigenvalue weighted by Gasteiger charge is 2.28. The van der Waals surface area contributed by atoms with Gasteiger partial charge in [0, 0.05) is 46.4 Å². The highest BCUT2D eigenvalue weighted by molar-refractivity contribution is 6.04. The molecule has 1 fully saturated rings. The Kier molecular flexibility index (Phi) is 8.44. The first-order valence-electron chi connectivity index (χ1n) is 15.3. The molecule has 0 radical (unpaired) electrons. The lowest BCUT2D eigenvalue weighted by Crippen LogP contribution is -2.35. The van der Waals surface area contributed by atoms with Crippen molar-refractivity contribution in [1.29, 1.82) is 0 Å². The fourth-order valence-corrected chi connectivity index (χ4v) is 6.29. The number of rotatable bonds is 9. The quantitative estimate of drug-likeness (QED) is 0.143. The Morgan fingerprint density at radius 3 is 2.69 bits per heavy atom. The van der Waals surface area contributed by atoms with Crippen molar-refractivity contribution in [3.63, 3.8) is 0 Å². The molecule has 232 valence electrons. The van der Waals surface area contributed by atoms with E-state index in [1.165, 1.54) is 6.42 Å². The smallest absolute Gasteiger partial charge is 0.283 e. The third-order valence-corrected chi connectivity index (χ3v) is 8.62. The highest BCUT2D eigenvalue weighted by atomic mass is 19.1. The molecule has 10 nitrogen and oxygen atoms in total. The summed E-state index contributed by atoms with van der Waals surface area (Å²) in [7, 11) is 2.00. The monoisotopic (exact) mass is 607 g/mol. The summed E-state index contributed by atoms with van der Waals surface area (Å²) in [6.45, 7) is 7.73. The Morgan fingerprint density at radius 1 is 1.11 bits per heavy atom. The molecule has 45 heavy (non-hydrogen) atoms. The van der Waals surface area contributed by atoms with Gasteiger partial charge in [-0.2, -0.15) is 19.6 Å². The molecule has 1 aliphatic carbocycles. The minimum Gasteiger partial charge on any atom is -0.368 e. The number of likely N-dealkylation sites (N-methyl/N-ethyl adjacent to an activating group) is 1. The number of carbonyl (C=O) groups is 1. The molecular formula is C34H38FN9O. The summed E-state index contributed by atoms with van der Waals surface area (Å²) in [5.74, 6) is -0.766. The molecule has 5 aromatic rings. The Bertz CT molecular complexity index is 1900. The number of pyridine rings is 1. The van der Waals surface area contributed by atoms with E-state index >= 15 is 0 Å². The Hall–Kier alpha value is -4.90. The molecule has 3 aromatic heterocycles. The molecule has 0 spiro atoms. The van der Waals surface area contributed by atoms with Crippen LogP contribution in [0.1, 0.15) is 68.2 Å². The number of amides is 1. The van der Waals surface area contributed by atoms with Gasteiger partial charge in [0.15, 0.2) is 11.5 Å². The minimum absolute atomic E-state index is 0.173. The molecule has 0 bridgehead atoms. The van der Waals surface area contributed by atoms with Gasteiger partial charge in [-0.1, -0.05) is 63.6 Å². The number of nitrogens with one attached hydrogen (secondary N) is 3. The van der Waals surface area contributed by atoms with Gasteiger partial charge in [0.05, 0.1) is 11.9 Å². The lowest BCUT2D eigenvalue weighted by atomic mass is 9.81. The number of hydrogen-bond donors (Lipinski definition) is 4. The van der Waals surface area contributed by atoms with Crippen LogP contribution in [0.25, 0.3) is 27.7 Å². The second kappa shape index (κ2) is 12.6. The van der Waals surface area contributed by atoms with Crippen LogP contribution in [0.4, 0.5) is 22.0 Å². The van der Waals surface area contributed by atoms with Gasteiger partial charge >= 0.3 is 0 Å². The Balaban J connectivity index is 1.43. The fraction of sp³-hybridized carbons (Fsp3) is 0.324. The van der Waals surface area contributed by atoms with Crippen molar-refractivity contribution in [2.45, 2.75) is 64.0 Å². The van der Waals surface area contributed by atoms with Crippen molar-refractivity contribution in [2.75, 3.05) is 23.4 Å². The fourth-order valence-electron chi connectivity index (χ4n) is 6.29. The summed E-state index contributed by atoms with van der Waals surface area (Å²) in [5.41, 5.74) is 12.1. The second-order valence-electron chi connectivity index (χ2n) is 11.9. The molecule has 2 atom stereocenters. The van der Waals surface area contributed by atoms with Crippen LogP contribution in [0.2, 0.25) is 0 Å². The van der Waals surface area contributed by atoms with E-state index in [1.807, 2.05) is 31.3 Å². The van der Waals surface area contributed by atoms with E-state index in [0.29, 0.717) is 29.9 Å². The summed E-state index contributed by atoms with van der Waals surface area (Å²) in [6.07, 6.45) is 6.22. The van der Waals surface area contributed by atoms with Crippen molar-refractivity contribution in [1.82, 2.24) is 29.9 Å². The van der Waals surface area contributed by atoms with Crippen LogP contribution in [-0.2, 0) is 11.3 Å². The average Bonchev–Trinajstić information content (AvgIpc) is 3.47. The van der Waals surface area contributed by atoms with Gasteiger partial charge in [-0.05, 0) is 55.0 Å². The molecule has 6 rings (SSSR count). The standard InChI is InChI=1S/C34H38FN9O/c1-19(2)27-18-39-44-31(27)42-33(36)43-34(44)38-17-21-9-5-6-10-24(21)30-25-14-13-23(40-32(45)20(3)35)15-22(25)16-29(41-30)26-11-7-8-12-28(26)37-4/h5-6,9-10,13-16,18-19,26,28,37H,3,7-8,11-12,17H2,1-2,4H3,(H,40,45)(H3,36,38,42,43)/t26?,28-/m1/s1.